The number of carbonyl (C=O) groups excluding carboxylic acids is 2. The molecule has 0 radical (unpaired) electrons. The van der Waals surface area contributed by atoms with Crippen molar-refractivity contribution in [1.29, 1.82) is 0 Å². The van der Waals surface area contributed by atoms with E-state index in [1.54, 1.807) is 24.1 Å². The molecule has 0 aliphatic carbocycles. The molecule has 0 fully saturated rings. The molecule has 0 saturated heterocycles. The standard InChI is InChI=1S/C30H34Cl2N2O3S/c1-4-21(2)33-30(36)28(17-22-8-6-5-7-9-22)34(18-24-12-15-26(31)27(32)16-24)29(35)20-38-19-23-10-13-25(37-3)14-11-23/h5-16,21,28H,4,17-20H2,1-3H3,(H,33,36)/t21-,28+/m0/s1. The third-order valence-corrected chi connectivity index (χ3v) is 7.99. The van der Waals surface area contributed by atoms with Gasteiger partial charge >= 0.3 is 0 Å². The fourth-order valence-corrected chi connectivity index (χ4v) is 5.08. The van der Waals surface area contributed by atoms with E-state index in [1.807, 2.05) is 74.5 Å². The number of amides is 2. The molecule has 3 aromatic rings. The maximum atomic E-state index is 13.7. The van der Waals surface area contributed by atoms with E-state index in [4.69, 9.17) is 27.9 Å². The van der Waals surface area contributed by atoms with Gasteiger partial charge in [0, 0.05) is 24.8 Å². The molecule has 3 aromatic carbocycles. The van der Waals surface area contributed by atoms with Gasteiger partial charge < -0.3 is 15.0 Å². The molecule has 8 heteroatoms. The van der Waals surface area contributed by atoms with Gasteiger partial charge in [-0.2, -0.15) is 0 Å². The van der Waals surface area contributed by atoms with Gasteiger partial charge in [-0.3, -0.25) is 9.59 Å². The Kier molecular flexibility index (Phi) is 11.8. The van der Waals surface area contributed by atoms with Gasteiger partial charge in [-0.1, -0.05) is 78.7 Å². The summed E-state index contributed by atoms with van der Waals surface area (Å²) in [5.74, 6) is 1.40. The lowest BCUT2D eigenvalue weighted by molar-refractivity contribution is -0.139. The second-order valence-electron chi connectivity index (χ2n) is 9.13. The highest BCUT2D eigenvalue weighted by molar-refractivity contribution is 7.99. The molecule has 38 heavy (non-hydrogen) atoms. The zero-order valence-electron chi connectivity index (χ0n) is 22.0. The van der Waals surface area contributed by atoms with Crippen LogP contribution in [0.25, 0.3) is 0 Å². The van der Waals surface area contributed by atoms with Crippen LogP contribution in [0.3, 0.4) is 0 Å². The minimum atomic E-state index is -0.685. The Morgan fingerprint density at radius 3 is 2.26 bits per heavy atom. The smallest absolute Gasteiger partial charge is 0.243 e. The molecule has 3 rings (SSSR count). The van der Waals surface area contributed by atoms with Gasteiger partial charge in [0.05, 0.1) is 22.9 Å². The summed E-state index contributed by atoms with van der Waals surface area (Å²) < 4.78 is 5.23. The highest BCUT2D eigenvalue weighted by Crippen LogP contribution is 2.25. The molecule has 2 amide bonds. The Labute approximate surface area is 239 Å². The van der Waals surface area contributed by atoms with Gasteiger partial charge in [-0.25, -0.2) is 0 Å². The number of methoxy groups -OCH3 is 1. The predicted molar refractivity (Wildman–Crippen MR) is 158 cm³/mol. The summed E-state index contributed by atoms with van der Waals surface area (Å²) in [6, 6.07) is 22.2. The molecule has 0 saturated carbocycles. The summed E-state index contributed by atoms with van der Waals surface area (Å²) in [4.78, 5) is 29.0. The number of rotatable bonds is 13. The molecule has 0 bridgehead atoms. The van der Waals surface area contributed by atoms with Crippen molar-refractivity contribution in [2.75, 3.05) is 12.9 Å². The third-order valence-electron chi connectivity index (χ3n) is 6.26. The predicted octanol–water partition coefficient (Wildman–Crippen LogP) is 6.79. The maximum absolute atomic E-state index is 13.7. The minimum absolute atomic E-state index is 0.00727. The lowest BCUT2D eigenvalue weighted by atomic mass is 10.0. The van der Waals surface area contributed by atoms with E-state index in [0.29, 0.717) is 22.2 Å². The summed E-state index contributed by atoms with van der Waals surface area (Å²) in [6.45, 7) is 4.23. The number of ether oxygens (including phenoxy) is 1. The number of nitrogens with zero attached hydrogens (tertiary/aromatic N) is 1. The lowest BCUT2D eigenvalue weighted by Gasteiger charge is -2.32. The molecule has 0 spiro atoms. The molecule has 0 heterocycles. The topological polar surface area (TPSA) is 58.6 Å². The molecule has 0 unspecified atom stereocenters. The van der Waals surface area contributed by atoms with Crippen LogP contribution in [-0.2, 0) is 28.3 Å². The van der Waals surface area contributed by atoms with E-state index in [0.717, 1.165) is 28.9 Å². The molecule has 1 N–H and O–H groups in total. The van der Waals surface area contributed by atoms with Gasteiger partial charge in [-0.15, -0.1) is 11.8 Å². The van der Waals surface area contributed by atoms with Crippen molar-refractivity contribution < 1.29 is 14.3 Å². The molecule has 0 aliphatic rings. The molecule has 202 valence electrons. The van der Waals surface area contributed by atoms with Crippen LogP contribution in [0.2, 0.25) is 10.0 Å². The second-order valence-corrected chi connectivity index (χ2v) is 10.9. The van der Waals surface area contributed by atoms with Crippen LogP contribution >= 0.6 is 35.0 Å². The van der Waals surface area contributed by atoms with E-state index in [-0.39, 0.29) is 30.2 Å². The number of carbonyl (C=O) groups is 2. The minimum Gasteiger partial charge on any atom is -0.497 e. The van der Waals surface area contributed by atoms with Crippen molar-refractivity contribution >= 4 is 46.8 Å². The Bertz CT molecular complexity index is 1190. The highest BCUT2D eigenvalue weighted by Gasteiger charge is 2.31. The van der Waals surface area contributed by atoms with Crippen LogP contribution in [0.15, 0.2) is 72.8 Å². The number of hydrogen-bond donors (Lipinski definition) is 1. The third kappa shape index (κ3) is 8.97. The molecule has 0 aromatic heterocycles. The maximum Gasteiger partial charge on any atom is 0.243 e. The summed E-state index contributed by atoms with van der Waals surface area (Å²) >= 11 is 13.9. The molecule has 2 atom stereocenters. The molecular weight excluding hydrogens is 539 g/mol. The van der Waals surface area contributed by atoms with Crippen molar-refractivity contribution in [3.05, 3.63) is 99.5 Å². The van der Waals surface area contributed by atoms with Gasteiger partial charge in [0.1, 0.15) is 11.8 Å². The first-order valence-electron chi connectivity index (χ1n) is 12.6. The van der Waals surface area contributed by atoms with Crippen LogP contribution < -0.4 is 10.1 Å². The highest BCUT2D eigenvalue weighted by atomic mass is 35.5. The van der Waals surface area contributed by atoms with Crippen LogP contribution in [0.4, 0.5) is 0 Å². The number of halogens is 2. The molecular formula is C30H34Cl2N2O3S. The van der Waals surface area contributed by atoms with Crippen molar-refractivity contribution in [1.82, 2.24) is 10.2 Å². The Morgan fingerprint density at radius 1 is 0.947 bits per heavy atom. The first-order valence-corrected chi connectivity index (χ1v) is 14.5. The van der Waals surface area contributed by atoms with Crippen molar-refractivity contribution in [2.45, 2.75) is 51.1 Å². The Hall–Kier alpha value is -2.67. The quantitative estimate of drug-likeness (QED) is 0.245. The average Bonchev–Trinajstić information content (AvgIpc) is 2.93. The summed E-state index contributed by atoms with van der Waals surface area (Å²) in [5.41, 5.74) is 2.88. The fraction of sp³-hybridized carbons (Fsp3) is 0.333. The SMILES string of the molecule is CC[C@H](C)NC(=O)[C@@H](Cc1ccccc1)N(Cc1ccc(Cl)c(Cl)c1)C(=O)CSCc1ccc(OC)cc1. The first-order chi connectivity index (χ1) is 18.3. The van der Waals surface area contributed by atoms with Crippen LogP contribution in [-0.4, -0.2) is 41.7 Å². The Morgan fingerprint density at radius 2 is 1.63 bits per heavy atom. The van der Waals surface area contributed by atoms with E-state index in [1.165, 1.54) is 11.8 Å². The normalized spacial score (nSPS) is 12.4. The summed E-state index contributed by atoms with van der Waals surface area (Å²) in [7, 11) is 1.63. The lowest BCUT2D eigenvalue weighted by Crippen LogP contribution is -2.52. The first kappa shape index (κ1) is 29.9. The van der Waals surface area contributed by atoms with Crippen molar-refractivity contribution in [2.24, 2.45) is 0 Å². The number of nitrogens with one attached hydrogen (secondary N) is 1. The van der Waals surface area contributed by atoms with E-state index in [9.17, 15) is 9.59 Å². The van der Waals surface area contributed by atoms with Gasteiger partial charge in [0.2, 0.25) is 11.8 Å². The van der Waals surface area contributed by atoms with Crippen molar-refractivity contribution in [3.63, 3.8) is 0 Å². The van der Waals surface area contributed by atoms with Crippen LogP contribution in [0.5, 0.6) is 5.75 Å². The zero-order valence-corrected chi connectivity index (χ0v) is 24.3. The van der Waals surface area contributed by atoms with Crippen LogP contribution in [0.1, 0.15) is 37.0 Å². The van der Waals surface area contributed by atoms with E-state index >= 15 is 0 Å². The fourth-order valence-electron chi connectivity index (χ4n) is 3.89. The Balaban J connectivity index is 1.85. The average molecular weight is 574 g/mol. The van der Waals surface area contributed by atoms with Gasteiger partial charge in [0.15, 0.2) is 0 Å². The molecule has 5 nitrogen and oxygen atoms in total. The zero-order chi connectivity index (χ0) is 27.5. The monoisotopic (exact) mass is 572 g/mol. The second kappa shape index (κ2) is 15.1. The van der Waals surface area contributed by atoms with E-state index in [2.05, 4.69) is 5.32 Å². The van der Waals surface area contributed by atoms with Crippen LogP contribution in [0, 0.1) is 0 Å². The largest absolute Gasteiger partial charge is 0.497 e. The number of hydrogen-bond acceptors (Lipinski definition) is 4. The van der Waals surface area contributed by atoms with Gasteiger partial charge in [0.25, 0.3) is 0 Å². The number of thioether (sulfide) groups is 1. The van der Waals surface area contributed by atoms with E-state index < -0.39 is 6.04 Å². The summed E-state index contributed by atoms with van der Waals surface area (Å²) in [6.07, 6.45) is 1.20. The molecule has 0 aliphatic heterocycles. The van der Waals surface area contributed by atoms with Crippen molar-refractivity contribution in [3.8, 4) is 5.75 Å². The van der Waals surface area contributed by atoms with Gasteiger partial charge in [-0.05, 0) is 54.3 Å². The summed E-state index contributed by atoms with van der Waals surface area (Å²) in [5, 5.41) is 3.94. The number of benzene rings is 3.